The molecule has 126 valence electrons. The van der Waals surface area contributed by atoms with Crippen molar-refractivity contribution in [1.29, 1.82) is 0 Å². The van der Waals surface area contributed by atoms with Crippen LogP contribution in [-0.4, -0.2) is 61.4 Å². The highest BCUT2D eigenvalue weighted by Crippen LogP contribution is 2.23. The van der Waals surface area contributed by atoms with E-state index in [9.17, 15) is 9.59 Å². The van der Waals surface area contributed by atoms with Crippen LogP contribution in [0.5, 0.6) is 0 Å². The van der Waals surface area contributed by atoms with Gasteiger partial charge in [0.25, 0.3) is 0 Å². The Balaban J connectivity index is 1.98. The molecule has 0 spiro atoms. The largest absolute Gasteiger partial charge is 0.340 e. The summed E-state index contributed by atoms with van der Waals surface area (Å²) in [6, 6.07) is 5.80. The topological polar surface area (TPSA) is 43.9 Å². The lowest BCUT2D eigenvalue weighted by atomic mass is 10.2. The molecule has 0 aliphatic carbocycles. The molecule has 0 unspecified atom stereocenters. The Kier molecular flexibility index (Phi) is 6.18. The molecule has 0 N–H and O–H groups in total. The number of piperazine rings is 1. The molecule has 1 aliphatic rings. The van der Waals surface area contributed by atoms with Gasteiger partial charge in [0.2, 0.25) is 11.8 Å². The molecule has 2 rings (SSSR count). The van der Waals surface area contributed by atoms with Gasteiger partial charge in [0.1, 0.15) is 0 Å². The molecule has 0 saturated carbocycles. The van der Waals surface area contributed by atoms with E-state index in [0.717, 1.165) is 41.9 Å². The van der Waals surface area contributed by atoms with Crippen molar-refractivity contribution in [3.05, 3.63) is 28.2 Å². The van der Waals surface area contributed by atoms with E-state index in [1.165, 1.54) is 6.92 Å². The summed E-state index contributed by atoms with van der Waals surface area (Å²) < 4.78 is 1.01. The summed E-state index contributed by atoms with van der Waals surface area (Å²) >= 11 is 3.47. The number of benzene rings is 1. The number of anilines is 1. The van der Waals surface area contributed by atoms with Gasteiger partial charge in [-0.3, -0.25) is 9.59 Å². The second kappa shape index (κ2) is 7.93. The van der Waals surface area contributed by atoms with Crippen molar-refractivity contribution in [3.63, 3.8) is 0 Å². The van der Waals surface area contributed by atoms with Crippen LogP contribution in [0.2, 0.25) is 0 Å². The first-order valence-corrected chi connectivity index (χ1v) is 8.68. The number of hydrogen-bond donors (Lipinski definition) is 0. The second-order valence-electron chi connectivity index (χ2n) is 6.04. The zero-order valence-electron chi connectivity index (χ0n) is 14.0. The number of aryl methyl sites for hydroxylation is 1. The van der Waals surface area contributed by atoms with E-state index in [-0.39, 0.29) is 11.8 Å². The Bertz CT molecular complexity index is 583. The van der Waals surface area contributed by atoms with Crippen LogP contribution in [0.1, 0.15) is 18.9 Å². The Labute approximate surface area is 146 Å². The van der Waals surface area contributed by atoms with Crippen LogP contribution in [0.25, 0.3) is 0 Å². The smallest absolute Gasteiger partial charge is 0.224 e. The number of rotatable bonds is 4. The average molecular weight is 382 g/mol. The number of hydrogen-bond acceptors (Lipinski definition) is 3. The van der Waals surface area contributed by atoms with Crippen molar-refractivity contribution in [2.24, 2.45) is 0 Å². The van der Waals surface area contributed by atoms with Crippen LogP contribution >= 0.6 is 15.9 Å². The monoisotopic (exact) mass is 381 g/mol. The van der Waals surface area contributed by atoms with Gasteiger partial charge in [-0.2, -0.15) is 0 Å². The minimum absolute atomic E-state index is 0.0436. The van der Waals surface area contributed by atoms with Gasteiger partial charge >= 0.3 is 0 Å². The van der Waals surface area contributed by atoms with Gasteiger partial charge in [-0.05, 0) is 37.7 Å². The first-order valence-electron chi connectivity index (χ1n) is 7.89. The zero-order chi connectivity index (χ0) is 17.0. The maximum absolute atomic E-state index is 12.3. The lowest BCUT2D eigenvalue weighted by Gasteiger charge is -2.33. The van der Waals surface area contributed by atoms with Crippen molar-refractivity contribution in [3.8, 4) is 0 Å². The van der Waals surface area contributed by atoms with Crippen LogP contribution in [0.15, 0.2) is 22.7 Å². The van der Waals surface area contributed by atoms with Crippen LogP contribution in [0.3, 0.4) is 0 Å². The quantitative estimate of drug-likeness (QED) is 0.803. The third kappa shape index (κ3) is 4.78. The van der Waals surface area contributed by atoms with Gasteiger partial charge in [0.15, 0.2) is 0 Å². The fourth-order valence-electron chi connectivity index (χ4n) is 2.69. The lowest BCUT2D eigenvalue weighted by Crippen LogP contribution is -2.47. The van der Waals surface area contributed by atoms with Crippen LogP contribution in [0.4, 0.5) is 5.69 Å². The van der Waals surface area contributed by atoms with Gasteiger partial charge in [-0.25, -0.2) is 0 Å². The normalized spacial score (nSPS) is 15.6. The second-order valence-corrected chi connectivity index (χ2v) is 6.89. The molecule has 1 aromatic carbocycles. The highest BCUT2D eigenvalue weighted by molar-refractivity contribution is 9.10. The van der Waals surface area contributed by atoms with E-state index in [1.54, 1.807) is 4.90 Å². The molecule has 5 nitrogen and oxygen atoms in total. The van der Waals surface area contributed by atoms with Gasteiger partial charge < -0.3 is 14.7 Å². The molecule has 23 heavy (non-hydrogen) atoms. The molecule has 0 aromatic heterocycles. The summed E-state index contributed by atoms with van der Waals surface area (Å²) in [5.41, 5.74) is 1.91. The van der Waals surface area contributed by atoms with Crippen molar-refractivity contribution in [1.82, 2.24) is 9.80 Å². The number of carbonyl (C=O) groups is 2. The number of likely N-dealkylation sites (N-methyl/N-ethyl adjacent to an activating group) is 1. The Morgan fingerprint density at radius 1 is 1.22 bits per heavy atom. The SMILES string of the molecule is CC(=O)N(CCC(=O)N1CCN(C)CC1)c1ccc(Br)c(C)c1. The standard InChI is InChI=1S/C17H24BrN3O2/c1-13-12-15(4-5-16(13)18)21(14(2)22)7-6-17(23)20-10-8-19(3)9-11-20/h4-5,12H,6-11H2,1-3H3. The summed E-state index contributed by atoms with van der Waals surface area (Å²) in [4.78, 5) is 30.1. The zero-order valence-corrected chi connectivity index (χ0v) is 15.6. The number of nitrogens with zero attached hydrogens (tertiary/aromatic N) is 3. The van der Waals surface area contributed by atoms with Gasteiger partial charge in [-0.15, -0.1) is 0 Å². The fraction of sp³-hybridized carbons (Fsp3) is 0.529. The van der Waals surface area contributed by atoms with Crippen molar-refractivity contribution in [2.45, 2.75) is 20.3 Å². The minimum atomic E-state index is -0.0436. The lowest BCUT2D eigenvalue weighted by molar-refractivity contribution is -0.132. The summed E-state index contributed by atoms with van der Waals surface area (Å²) in [5, 5.41) is 0. The van der Waals surface area contributed by atoms with E-state index in [4.69, 9.17) is 0 Å². The summed E-state index contributed by atoms with van der Waals surface area (Å²) in [5.74, 6) is 0.0797. The fourth-order valence-corrected chi connectivity index (χ4v) is 2.93. The van der Waals surface area contributed by atoms with Crippen LogP contribution < -0.4 is 4.90 Å². The molecule has 6 heteroatoms. The highest BCUT2D eigenvalue weighted by atomic mass is 79.9. The van der Waals surface area contributed by atoms with E-state index >= 15 is 0 Å². The van der Waals surface area contributed by atoms with E-state index < -0.39 is 0 Å². The summed E-state index contributed by atoms with van der Waals surface area (Å²) in [7, 11) is 2.06. The molecule has 1 aromatic rings. The molecule has 2 amide bonds. The molecular formula is C17H24BrN3O2. The molecule has 1 fully saturated rings. The molecule has 1 aliphatic heterocycles. The third-order valence-corrected chi connectivity index (χ3v) is 5.13. The van der Waals surface area contributed by atoms with Crippen molar-refractivity contribution >= 4 is 33.4 Å². The molecule has 1 heterocycles. The Morgan fingerprint density at radius 3 is 2.43 bits per heavy atom. The van der Waals surface area contributed by atoms with Crippen molar-refractivity contribution in [2.75, 3.05) is 44.7 Å². The van der Waals surface area contributed by atoms with E-state index in [0.29, 0.717) is 13.0 Å². The van der Waals surface area contributed by atoms with Gasteiger partial charge in [0.05, 0.1) is 0 Å². The molecule has 0 bridgehead atoms. The van der Waals surface area contributed by atoms with Gasteiger partial charge in [0, 0.05) is 56.2 Å². The van der Waals surface area contributed by atoms with E-state index in [2.05, 4.69) is 27.9 Å². The van der Waals surface area contributed by atoms with Gasteiger partial charge in [-0.1, -0.05) is 15.9 Å². The Hall–Kier alpha value is -1.40. The predicted molar refractivity (Wildman–Crippen MR) is 95.6 cm³/mol. The average Bonchev–Trinajstić information content (AvgIpc) is 2.51. The number of carbonyl (C=O) groups excluding carboxylic acids is 2. The predicted octanol–water partition coefficient (Wildman–Crippen LogP) is 2.27. The van der Waals surface area contributed by atoms with E-state index in [1.807, 2.05) is 30.0 Å². The minimum Gasteiger partial charge on any atom is -0.340 e. The molecule has 1 saturated heterocycles. The maximum Gasteiger partial charge on any atom is 0.224 e. The highest BCUT2D eigenvalue weighted by Gasteiger charge is 2.20. The summed E-state index contributed by atoms with van der Waals surface area (Å²) in [6.07, 6.45) is 0.360. The Morgan fingerprint density at radius 2 is 1.87 bits per heavy atom. The summed E-state index contributed by atoms with van der Waals surface area (Å²) in [6.45, 7) is 7.31. The first-order chi connectivity index (χ1) is 10.9. The maximum atomic E-state index is 12.3. The van der Waals surface area contributed by atoms with Crippen LogP contribution in [0, 0.1) is 6.92 Å². The van der Waals surface area contributed by atoms with Crippen LogP contribution in [-0.2, 0) is 9.59 Å². The number of amides is 2. The molecular weight excluding hydrogens is 358 g/mol. The number of halogens is 1. The molecule has 0 radical (unpaired) electrons. The third-order valence-electron chi connectivity index (χ3n) is 4.24. The molecule has 0 atom stereocenters. The van der Waals surface area contributed by atoms with Crippen molar-refractivity contribution < 1.29 is 9.59 Å². The first kappa shape index (κ1) is 17.9.